The normalized spacial score (nSPS) is 10.4. The van der Waals surface area contributed by atoms with Crippen LogP contribution in [0.4, 0.5) is 5.82 Å². The van der Waals surface area contributed by atoms with E-state index in [4.69, 9.17) is 0 Å². The fourth-order valence-electron chi connectivity index (χ4n) is 0.927. The Morgan fingerprint density at radius 1 is 1.67 bits per heavy atom. The summed E-state index contributed by atoms with van der Waals surface area (Å²) in [6, 6.07) is 0. The van der Waals surface area contributed by atoms with E-state index >= 15 is 0 Å². The summed E-state index contributed by atoms with van der Waals surface area (Å²) in [5, 5.41) is 4.07. The Bertz CT molecular complexity index is 321. The van der Waals surface area contributed by atoms with Gasteiger partial charge < -0.3 is 0 Å². The Morgan fingerprint density at radius 2 is 2.42 bits per heavy atom. The maximum absolute atomic E-state index is 4.07. The van der Waals surface area contributed by atoms with Gasteiger partial charge in [-0.3, -0.25) is 0 Å². The smallest absolute Gasteiger partial charge is 0.161 e. The summed E-state index contributed by atoms with van der Waals surface area (Å²) >= 11 is 0. The standard InChI is InChI=1S/C9H11N3/c1-4-6-12-9(10-3)8(5-2)7-11-12/h4-7H,2-3H2,1H3/b6-4-. The van der Waals surface area contributed by atoms with Gasteiger partial charge in [-0.15, -0.1) is 0 Å². The van der Waals surface area contributed by atoms with Crippen LogP contribution in [-0.2, 0) is 0 Å². The molecule has 0 atom stereocenters. The second kappa shape index (κ2) is 3.67. The van der Waals surface area contributed by atoms with Crippen molar-refractivity contribution < 1.29 is 0 Å². The lowest BCUT2D eigenvalue weighted by Crippen LogP contribution is -1.86. The van der Waals surface area contributed by atoms with Gasteiger partial charge in [0.1, 0.15) is 0 Å². The summed E-state index contributed by atoms with van der Waals surface area (Å²) in [5.74, 6) is 0.725. The first-order chi connectivity index (χ1) is 5.83. The molecule has 0 aliphatic heterocycles. The topological polar surface area (TPSA) is 30.2 Å². The highest BCUT2D eigenvalue weighted by Gasteiger charge is 2.02. The molecule has 0 unspecified atom stereocenters. The molecule has 62 valence electrons. The van der Waals surface area contributed by atoms with Crippen LogP contribution in [0, 0.1) is 0 Å². The van der Waals surface area contributed by atoms with E-state index in [1.807, 2.05) is 19.2 Å². The molecule has 0 aliphatic carbocycles. The van der Waals surface area contributed by atoms with Crippen LogP contribution in [0.3, 0.4) is 0 Å². The average molecular weight is 161 g/mol. The molecule has 0 amide bonds. The van der Waals surface area contributed by atoms with E-state index in [2.05, 4.69) is 23.4 Å². The van der Waals surface area contributed by atoms with Gasteiger partial charge >= 0.3 is 0 Å². The number of rotatable bonds is 3. The first-order valence-corrected chi connectivity index (χ1v) is 3.63. The Balaban J connectivity index is 3.21. The fourth-order valence-corrected chi connectivity index (χ4v) is 0.927. The first kappa shape index (κ1) is 8.46. The Hall–Kier alpha value is -1.64. The maximum atomic E-state index is 4.07. The van der Waals surface area contributed by atoms with Crippen LogP contribution in [-0.4, -0.2) is 16.5 Å². The highest BCUT2D eigenvalue weighted by molar-refractivity contribution is 5.62. The summed E-state index contributed by atoms with van der Waals surface area (Å²) in [4.78, 5) is 3.85. The molecule has 12 heavy (non-hydrogen) atoms. The summed E-state index contributed by atoms with van der Waals surface area (Å²) in [7, 11) is 0. The largest absolute Gasteiger partial charge is 0.244 e. The van der Waals surface area contributed by atoms with Gasteiger partial charge in [0.15, 0.2) is 5.82 Å². The molecule has 0 radical (unpaired) electrons. The number of allylic oxidation sites excluding steroid dienone is 1. The molecule has 1 heterocycles. The van der Waals surface area contributed by atoms with Crippen molar-refractivity contribution in [1.82, 2.24) is 9.78 Å². The minimum Gasteiger partial charge on any atom is -0.244 e. The highest BCUT2D eigenvalue weighted by atomic mass is 15.3. The zero-order valence-electron chi connectivity index (χ0n) is 7.07. The Kier molecular flexibility index (Phi) is 2.58. The maximum Gasteiger partial charge on any atom is 0.161 e. The van der Waals surface area contributed by atoms with Gasteiger partial charge in [-0.25, -0.2) is 9.67 Å². The van der Waals surface area contributed by atoms with Crippen LogP contribution in [0.15, 0.2) is 23.8 Å². The molecule has 0 spiro atoms. The molecule has 1 aromatic heterocycles. The predicted molar refractivity (Wildman–Crippen MR) is 52.5 cm³/mol. The third kappa shape index (κ3) is 1.34. The lowest BCUT2D eigenvalue weighted by molar-refractivity contribution is 0.933. The van der Waals surface area contributed by atoms with Gasteiger partial charge in [0.25, 0.3) is 0 Å². The monoisotopic (exact) mass is 161 g/mol. The van der Waals surface area contributed by atoms with E-state index in [9.17, 15) is 0 Å². The minimum atomic E-state index is 0.725. The quantitative estimate of drug-likeness (QED) is 0.626. The van der Waals surface area contributed by atoms with Crippen LogP contribution in [0.1, 0.15) is 12.5 Å². The number of hydrogen-bond acceptors (Lipinski definition) is 2. The third-order valence-electron chi connectivity index (χ3n) is 1.46. The second-order valence-electron chi connectivity index (χ2n) is 2.21. The Labute approximate surface area is 71.7 Å². The van der Waals surface area contributed by atoms with Crippen molar-refractivity contribution in [3.63, 3.8) is 0 Å². The lowest BCUT2D eigenvalue weighted by atomic mass is 10.3. The molecule has 0 bridgehead atoms. The van der Waals surface area contributed by atoms with Gasteiger partial charge in [0, 0.05) is 11.8 Å². The van der Waals surface area contributed by atoms with Crippen molar-refractivity contribution in [2.45, 2.75) is 6.92 Å². The van der Waals surface area contributed by atoms with Crippen molar-refractivity contribution >= 4 is 24.8 Å². The zero-order chi connectivity index (χ0) is 8.97. The average Bonchev–Trinajstić information content (AvgIpc) is 2.47. The summed E-state index contributed by atoms with van der Waals surface area (Å²) < 4.78 is 1.66. The third-order valence-corrected chi connectivity index (χ3v) is 1.46. The SMILES string of the molecule is C=Cc1cnn(/C=C\C)c1N=C. The molecule has 0 aromatic carbocycles. The zero-order valence-corrected chi connectivity index (χ0v) is 7.07. The molecule has 1 rings (SSSR count). The van der Waals surface area contributed by atoms with Crippen molar-refractivity contribution in [3.8, 4) is 0 Å². The molecule has 0 aliphatic rings. The van der Waals surface area contributed by atoms with Crippen LogP contribution in [0.25, 0.3) is 12.3 Å². The number of hydrogen-bond donors (Lipinski definition) is 0. The molecular formula is C9H11N3. The van der Waals surface area contributed by atoms with E-state index in [0.717, 1.165) is 11.4 Å². The van der Waals surface area contributed by atoms with E-state index in [-0.39, 0.29) is 0 Å². The lowest BCUT2D eigenvalue weighted by Gasteiger charge is -1.94. The highest BCUT2D eigenvalue weighted by Crippen LogP contribution is 2.19. The number of aliphatic imine (C=N–C) groups is 1. The second-order valence-corrected chi connectivity index (χ2v) is 2.21. The van der Waals surface area contributed by atoms with Gasteiger partial charge in [0.05, 0.1) is 6.20 Å². The van der Waals surface area contributed by atoms with Crippen molar-refractivity contribution in [1.29, 1.82) is 0 Å². The van der Waals surface area contributed by atoms with Gasteiger partial charge in [-0.2, -0.15) is 5.10 Å². The van der Waals surface area contributed by atoms with Crippen molar-refractivity contribution in [2.75, 3.05) is 0 Å². The molecule has 0 saturated heterocycles. The summed E-state index contributed by atoms with van der Waals surface area (Å²) in [6.45, 7) is 9.03. The fraction of sp³-hybridized carbons (Fsp3) is 0.111. The van der Waals surface area contributed by atoms with Crippen LogP contribution >= 0.6 is 0 Å². The predicted octanol–water partition coefficient (Wildman–Crippen LogP) is 2.35. The van der Waals surface area contributed by atoms with E-state index in [0.29, 0.717) is 0 Å². The molecular weight excluding hydrogens is 150 g/mol. The molecule has 1 aromatic rings. The molecule has 0 N–H and O–H groups in total. The van der Waals surface area contributed by atoms with Crippen molar-refractivity contribution in [2.24, 2.45) is 4.99 Å². The summed E-state index contributed by atoms with van der Waals surface area (Å²) in [6.07, 6.45) is 7.11. The van der Waals surface area contributed by atoms with Gasteiger partial charge in [-0.1, -0.05) is 18.7 Å². The Morgan fingerprint density at radius 3 is 2.92 bits per heavy atom. The van der Waals surface area contributed by atoms with Crippen LogP contribution in [0.2, 0.25) is 0 Å². The van der Waals surface area contributed by atoms with Crippen molar-refractivity contribution in [3.05, 3.63) is 24.4 Å². The van der Waals surface area contributed by atoms with E-state index in [1.54, 1.807) is 17.0 Å². The van der Waals surface area contributed by atoms with Crippen LogP contribution < -0.4 is 0 Å². The van der Waals surface area contributed by atoms with Gasteiger partial charge in [-0.05, 0) is 13.6 Å². The molecule has 0 fully saturated rings. The molecule has 0 saturated carbocycles. The molecule has 3 nitrogen and oxygen atoms in total. The molecule has 3 heteroatoms. The van der Waals surface area contributed by atoms with E-state index < -0.39 is 0 Å². The van der Waals surface area contributed by atoms with Crippen LogP contribution in [0.5, 0.6) is 0 Å². The number of nitrogens with zero attached hydrogens (tertiary/aromatic N) is 3. The first-order valence-electron chi connectivity index (χ1n) is 3.63. The minimum absolute atomic E-state index is 0.725. The van der Waals surface area contributed by atoms with Gasteiger partial charge in [0.2, 0.25) is 0 Å². The van der Waals surface area contributed by atoms with E-state index in [1.165, 1.54) is 0 Å². The summed E-state index contributed by atoms with van der Waals surface area (Å²) in [5.41, 5.74) is 0.892. The number of aromatic nitrogens is 2.